The Balaban J connectivity index is 1.55. The van der Waals surface area contributed by atoms with Crippen molar-refractivity contribution in [1.29, 1.82) is 5.26 Å². The number of nitriles is 1. The van der Waals surface area contributed by atoms with E-state index >= 15 is 0 Å². The van der Waals surface area contributed by atoms with Gasteiger partial charge in [-0.1, -0.05) is 36.4 Å². The molecule has 1 aromatic heterocycles. The zero-order valence-corrected chi connectivity index (χ0v) is 17.9. The Morgan fingerprint density at radius 2 is 1.72 bits per heavy atom. The molecule has 0 saturated carbocycles. The predicted molar refractivity (Wildman–Crippen MR) is 123 cm³/mol. The lowest BCUT2D eigenvalue weighted by Crippen LogP contribution is -2.49. The standard InChI is InChI=1S/C25H24N4O3/c1-32-24(30)18-29-17-20(22-9-5-6-10-23(22)29)15-19(16-26)25(31)28-13-11-27(12-14-28)21-7-3-2-4-8-21/h2-10,15,17H,11-14,18H2,1H3/b19-15-. The molecular weight excluding hydrogens is 404 g/mol. The molecule has 0 bridgehead atoms. The van der Waals surface area contributed by atoms with Gasteiger partial charge in [-0.25, -0.2) is 0 Å². The lowest BCUT2D eigenvalue weighted by molar-refractivity contribution is -0.141. The second-order valence-corrected chi connectivity index (χ2v) is 7.59. The van der Waals surface area contributed by atoms with E-state index in [4.69, 9.17) is 4.74 Å². The number of ether oxygens (including phenoxy) is 1. The highest BCUT2D eigenvalue weighted by Crippen LogP contribution is 2.24. The van der Waals surface area contributed by atoms with Crippen molar-refractivity contribution in [2.75, 3.05) is 38.2 Å². The Hall–Kier alpha value is -4.05. The number of rotatable bonds is 5. The van der Waals surface area contributed by atoms with Gasteiger partial charge in [0.15, 0.2) is 0 Å². The van der Waals surface area contributed by atoms with Crippen LogP contribution in [0.4, 0.5) is 5.69 Å². The minimum Gasteiger partial charge on any atom is -0.468 e. The summed E-state index contributed by atoms with van der Waals surface area (Å²) in [4.78, 5) is 28.8. The summed E-state index contributed by atoms with van der Waals surface area (Å²) in [7, 11) is 1.35. The Kier molecular flexibility index (Phi) is 6.22. The van der Waals surface area contributed by atoms with E-state index in [0.29, 0.717) is 26.2 Å². The van der Waals surface area contributed by atoms with Gasteiger partial charge in [0, 0.05) is 54.5 Å². The highest BCUT2D eigenvalue weighted by molar-refractivity contribution is 6.04. The van der Waals surface area contributed by atoms with Crippen LogP contribution >= 0.6 is 0 Å². The van der Waals surface area contributed by atoms with Crippen molar-refractivity contribution in [2.45, 2.75) is 6.54 Å². The summed E-state index contributed by atoms with van der Waals surface area (Å²) in [6.45, 7) is 2.59. The molecule has 7 nitrogen and oxygen atoms in total. The van der Waals surface area contributed by atoms with Crippen molar-refractivity contribution < 1.29 is 14.3 Å². The zero-order valence-electron chi connectivity index (χ0n) is 17.9. The van der Waals surface area contributed by atoms with E-state index in [-0.39, 0.29) is 24.0 Å². The Labute approximate surface area is 186 Å². The first-order valence-electron chi connectivity index (χ1n) is 10.5. The number of hydrogen-bond acceptors (Lipinski definition) is 5. The van der Waals surface area contributed by atoms with Crippen LogP contribution in [0.25, 0.3) is 17.0 Å². The fourth-order valence-corrected chi connectivity index (χ4v) is 4.00. The van der Waals surface area contributed by atoms with Gasteiger partial charge in [-0.05, 0) is 24.3 Å². The second kappa shape index (κ2) is 9.40. The maximum Gasteiger partial charge on any atom is 0.325 e. The Morgan fingerprint density at radius 3 is 2.41 bits per heavy atom. The number of amides is 1. The normalized spacial score (nSPS) is 14.3. The number of esters is 1. The largest absolute Gasteiger partial charge is 0.468 e. The summed E-state index contributed by atoms with van der Waals surface area (Å²) in [6, 6.07) is 19.7. The maximum absolute atomic E-state index is 13.1. The number of carbonyl (C=O) groups excluding carboxylic acids is 2. The highest BCUT2D eigenvalue weighted by Gasteiger charge is 2.24. The first-order valence-corrected chi connectivity index (χ1v) is 10.5. The average molecular weight is 428 g/mol. The van der Waals surface area contributed by atoms with Crippen LogP contribution in [0.1, 0.15) is 5.56 Å². The van der Waals surface area contributed by atoms with Gasteiger partial charge in [-0.15, -0.1) is 0 Å². The van der Waals surface area contributed by atoms with E-state index in [1.165, 1.54) is 7.11 Å². The lowest BCUT2D eigenvalue weighted by Gasteiger charge is -2.36. The van der Waals surface area contributed by atoms with E-state index in [9.17, 15) is 14.9 Å². The summed E-state index contributed by atoms with van der Waals surface area (Å²) < 4.78 is 6.55. The molecule has 1 saturated heterocycles. The third-order valence-electron chi connectivity index (χ3n) is 5.69. The van der Waals surface area contributed by atoms with Gasteiger partial charge in [0.2, 0.25) is 0 Å². The topological polar surface area (TPSA) is 78.6 Å². The van der Waals surface area contributed by atoms with E-state index < -0.39 is 0 Å². The molecule has 1 aliphatic heterocycles. The number of nitrogens with zero attached hydrogens (tertiary/aromatic N) is 4. The van der Waals surface area contributed by atoms with Crippen LogP contribution in [-0.4, -0.2) is 54.6 Å². The summed E-state index contributed by atoms with van der Waals surface area (Å²) >= 11 is 0. The molecule has 2 aromatic carbocycles. The SMILES string of the molecule is COC(=O)Cn1cc(/C=C(/C#N)C(=O)N2CCN(c3ccccc3)CC2)c2ccccc21. The molecular formula is C25H24N4O3. The number of hydrogen-bond donors (Lipinski definition) is 0. The molecule has 3 aromatic rings. The van der Waals surface area contributed by atoms with E-state index in [1.54, 1.807) is 21.7 Å². The van der Waals surface area contributed by atoms with E-state index in [0.717, 1.165) is 22.2 Å². The van der Waals surface area contributed by atoms with Crippen molar-refractivity contribution in [3.8, 4) is 6.07 Å². The van der Waals surface area contributed by atoms with Crippen LogP contribution in [0.15, 0.2) is 66.4 Å². The number of anilines is 1. The first-order chi connectivity index (χ1) is 15.6. The fraction of sp³-hybridized carbons (Fsp3) is 0.240. The minimum atomic E-state index is -0.367. The Bertz CT molecular complexity index is 1200. The van der Waals surface area contributed by atoms with Crippen LogP contribution in [0.2, 0.25) is 0 Å². The number of benzene rings is 2. The molecule has 0 radical (unpaired) electrons. The smallest absolute Gasteiger partial charge is 0.325 e. The number of carbonyl (C=O) groups is 2. The molecule has 0 aliphatic carbocycles. The zero-order chi connectivity index (χ0) is 22.5. The number of aromatic nitrogens is 1. The maximum atomic E-state index is 13.1. The van der Waals surface area contributed by atoms with Crippen LogP contribution in [-0.2, 0) is 20.9 Å². The summed E-state index contributed by atoms with van der Waals surface area (Å²) in [5.74, 6) is -0.640. The average Bonchev–Trinajstić information content (AvgIpc) is 3.19. The number of piperazine rings is 1. The van der Waals surface area contributed by atoms with Crippen molar-refractivity contribution in [3.63, 3.8) is 0 Å². The first kappa shape index (κ1) is 21.2. The number of para-hydroxylation sites is 2. The lowest BCUT2D eigenvalue weighted by atomic mass is 10.1. The van der Waals surface area contributed by atoms with E-state index in [2.05, 4.69) is 23.1 Å². The molecule has 7 heteroatoms. The second-order valence-electron chi connectivity index (χ2n) is 7.59. The number of methoxy groups -OCH3 is 1. The summed E-state index contributed by atoms with van der Waals surface area (Å²) in [5.41, 5.74) is 2.77. The van der Waals surface area contributed by atoms with Gasteiger partial charge in [0.25, 0.3) is 5.91 Å². The van der Waals surface area contributed by atoms with Gasteiger partial charge in [-0.2, -0.15) is 5.26 Å². The van der Waals surface area contributed by atoms with Gasteiger partial charge < -0.3 is 19.1 Å². The van der Waals surface area contributed by atoms with Crippen LogP contribution < -0.4 is 4.90 Å². The van der Waals surface area contributed by atoms with Crippen LogP contribution in [0.5, 0.6) is 0 Å². The molecule has 1 aliphatic rings. The molecule has 4 rings (SSSR count). The monoisotopic (exact) mass is 428 g/mol. The molecule has 0 N–H and O–H groups in total. The highest BCUT2D eigenvalue weighted by atomic mass is 16.5. The summed E-state index contributed by atoms with van der Waals surface area (Å²) in [6.07, 6.45) is 3.39. The molecule has 0 atom stereocenters. The molecule has 162 valence electrons. The van der Waals surface area contributed by atoms with Gasteiger partial charge >= 0.3 is 5.97 Å². The third-order valence-corrected chi connectivity index (χ3v) is 5.69. The van der Waals surface area contributed by atoms with Gasteiger partial charge in [-0.3, -0.25) is 9.59 Å². The molecule has 1 amide bonds. The van der Waals surface area contributed by atoms with Crippen LogP contribution in [0, 0.1) is 11.3 Å². The van der Waals surface area contributed by atoms with Crippen LogP contribution in [0.3, 0.4) is 0 Å². The van der Waals surface area contributed by atoms with Crippen molar-refractivity contribution >= 4 is 34.5 Å². The number of fused-ring (bicyclic) bond motifs is 1. The minimum absolute atomic E-state index is 0.0577. The molecule has 0 spiro atoms. The van der Waals surface area contributed by atoms with Crippen molar-refractivity contribution in [1.82, 2.24) is 9.47 Å². The molecule has 0 unspecified atom stereocenters. The molecule has 32 heavy (non-hydrogen) atoms. The van der Waals surface area contributed by atoms with Gasteiger partial charge in [0.05, 0.1) is 7.11 Å². The van der Waals surface area contributed by atoms with Crippen molar-refractivity contribution in [2.24, 2.45) is 0 Å². The summed E-state index contributed by atoms with van der Waals surface area (Å²) in [5, 5.41) is 10.6. The van der Waals surface area contributed by atoms with Gasteiger partial charge in [0.1, 0.15) is 18.2 Å². The quantitative estimate of drug-likeness (QED) is 0.355. The van der Waals surface area contributed by atoms with E-state index in [1.807, 2.05) is 42.5 Å². The molecule has 1 fully saturated rings. The van der Waals surface area contributed by atoms with Crippen molar-refractivity contribution in [3.05, 3.63) is 71.9 Å². The fourth-order valence-electron chi connectivity index (χ4n) is 4.00. The third kappa shape index (κ3) is 4.35. The Morgan fingerprint density at radius 1 is 1.03 bits per heavy atom. The predicted octanol–water partition coefficient (Wildman–Crippen LogP) is 3.07. The molecule has 2 heterocycles.